The second kappa shape index (κ2) is 12.2. The summed E-state index contributed by atoms with van der Waals surface area (Å²) in [4.78, 5) is -1.85. The first-order chi connectivity index (χ1) is 17.2. The predicted octanol–water partition coefficient (Wildman–Crippen LogP) is 0.562. The van der Waals surface area contributed by atoms with Crippen molar-refractivity contribution in [3.8, 4) is 17.2 Å². The van der Waals surface area contributed by atoms with E-state index in [9.17, 15) is 38.9 Å². The summed E-state index contributed by atoms with van der Waals surface area (Å²) in [5.74, 6) is -0.973. The van der Waals surface area contributed by atoms with E-state index in [1.165, 1.54) is 36.4 Å². The third-order valence-corrected chi connectivity index (χ3v) is 10.2. The topological polar surface area (TPSA) is 191 Å². The van der Waals surface area contributed by atoms with Crippen LogP contribution in [0.3, 0.4) is 0 Å². The van der Waals surface area contributed by atoms with Crippen LogP contribution in [0.1, 0.15) is 0 Å². The van der Waals surface area contributed by atoms with E-state index in [2.05, 4.69) is 0 Å². The maximum absolute atomic E-state index is 12.1. The van der Waals surface area contributed by atoms with E-state index in [1.807, 2.05) is 0 Å². The van der Waals surface area contributed by atoms with Crippen molar-refractivity contribution in [1.82, 2.24) is 0 Å². The molecule has 0 spiro atoms. The second-order valence-corrected chi connectivity index (χ2v) is 13.5. The van der Waals surface area contributed by atoms with Crippen molar-refractivity contribution in [2.24, 2.45) is 0 Å². The van der Waals surface area contributed by atoms with E-state index in [0.29, 0.717) is 0 Å². The molecule has 17 heteroatoms. The average molecular weight is 617 g/mol. The fraction of sp³-hybridized carbons (Fsp3) is 0.143. The van der Waals surface area contributed by atoms with Crippen LogP contribution in [0.25, 0.3) is 0 Å². The fourth-order valence-corrected chi connectivity index (χ4v) is 8.64. The Morgan fingerprint density at radius 1 is 0.526 bits per heavy atom. The molecule has 0 atom stereocenters. The van der Waals surface area contributed by atoms with Gasteiger partial charge in [-0.2, -0.15) is 25.3 Å². The fourth-order valence-electron chi connectivity index (χ4n) is 3.66. The molecule has 38 heavy (non-hydrogen) atoms. The van der Waals surface area contributed by atoms with Gasteiger partial charge in [0.1, 0.15) is 31.9 Å². The third-order valence-electron chi connectivity index (χ3n) is 5.04. The van der Waals surface area contributed by atoms with E-state index in [0.717, 1.165) is 39.5 Å². The van der Waals surface area contributed by atoms with E-state index in [4.69, 9.17) is 14.2 Å². The number of para-hydroxylation sites is 3. The van der Waals surface area contributed by atoms with Crippen LogP contribution in [0.2, 0.25) is 0 Å². The van der Waals surface area contributed by atoms with Gasteiger partial charge in [-0.3, -0.25) is 13.7 Å². The Hall–Kier alpha value is -1.78. The first kappa shape index (κ1) is 32.4. The molecule has 3 rings (SSSR count). The van der Waals surface area contributed by atoms with Gasteiger partial charge in [-0.25, -0.2) is 0 Å². The van der Waals surface area contributed by atoms with Crippen LogP contribution in [0.15, 0.2) is 69.3 Å². The molecule has 0 radical (unpaired) electrons. The van der Waals surface area contributed by atoms with Crippen LogP contribution in [0, 0.1) is 0 Å². The monoisotopic (exact) mass is 616 g/mol. The SMILES string of the molecule is COc1c(P(c2cccc(S(=O)(=O)O)c2OC)c2cccc(S(=O)(=O)O)c2OC)cccc1S(=O)(=O)O.[NaH]. The van der Waals surface area contributed by atoms with E-state index >= 15 is 0 Å². The van der Waals surface area contributed by atoms with Crippen LogP contribution in [0.4, 0.5) is 0 Å². The van der Waals surface area contributed by atoms with Gasteiger partial charge in [-0.05, 0) is 26.1 Å². The zero-order chi connectivity index (χ0) is 27.8. The molecule has 0 amide bonds. The first-order valence-corrected chi connectivity index (χ1v) is 15.6. The van der Waals surface area contributed by atoms with Crippen LogP contribution >= 0.6 is 7.92 Å². The van der Waals surface area contributed by atoms with Crippen molar-refractivity contribution in [2.45, 2.75) is 14.7 Å². The Labute approximate surface area is 243 Å². The average Bonchev–Trinajstić information content (AvgIpc) is 2.82. The van der Waals surface area contributed by atoms with Gasteiger partial charge in [0.05, 0.1) is 21.3 Å². The number of ether oxygens (including phenoxy) is 3. The van der Waals surface area contributed by atoms with Crippen molar-refractivity contribution in [1.29, 1.82) is 0 Å². The third kappa shape index (κ3) is 6.50. The molecule has 3 aromatic carbocycles. The molecule has 0 aliphatic carbocycles. The molecule has 0 unspecified atom stereocenters. The second-order valence-electron chi connectivity index (χ2n) is 7.19. The Bertz CT molecular complexity index is 1470. The Morgan fingerprint density at radius 2 is 0.763 bits per heavy atom. The summed E-state index contributed by atoms with van der Waals surface area (Å²) < 4.78 is 118. The van der Waals surface area contributed by atoms with E-state index in [-0.39, 0.29) is 62.7 Å². The molecular formula is C21H22NaO12PS3. The molecule has 0 fully saturated rings. The van der Waals surface area contributed by atoms with Gasteiger partial charge in [-0.1, -0.05) is 36.4 Å². The standard InChI is InChI=1S/C21H21O12PS3.Na.H/c1-31-19-13(7-4-10-16(19)35(22,23)24)34(14-8-5-11-17(20(14)32-2)36(25,26)27)15-9-6-12-18(21(15)33-3)37(28,29)30;;/h4-12H,1-3H3,(H,22,23,24)(H,25,26,27)(H,28,29,30);;. The van der Waals surface area contributed by atoms with Gasteiger partial charge in [0.2, 0.25) is 0 Å². The molecule has 3 aromatic rings. The molecule has 0 heterocycles. The summed E-state index contributed by atoms with van der Waals surface area (Å²) in [6.45, 7) is 0. The summed E-state index contributed by atoms with van der Waals surface area (Å²) in [6.07, 6.45) is 0. The Morgan fingerprint density at radius 3 is 0.947 bits per heavy atom. The van der Waals surface area contributed by atoms with Crippen LogP contribution in [-0.4, -0.2) is 89.8 Å². The summed E-state index contributed by atoms with van der Waals surface area (Å²) in [5.41, 5.74) is 0. The Kier molecular flexibility index (Phi) is 10.4. The molecule has 202 valence electrons. The minimum absolute atomic E-state index is 0. The summed E-state index contributed by atoms with van der Waals surface area (Å²) in [7, 11) is -13.2. The zero-order valence-corrected chi connectivity index (χ0v) is 22.7. The molecular weight excluding hydrogens is 594 g/mol. The van der Waals surface area contributed by atoms with Crippen molar-refractivity contribution < 1.29 is 53.1 Å². The molecule has 0 aliphatic heterocycles. The van der Waals surface area contributed by atoms with Crippen molar-refractivity contribution in [3.05, 3.63) is 54.6 Å². The van der Waals surface area contributed by atoms with Crippen molar-refractivity contribution in [3.63, 3.8) is 0 Å². The van der Waals surface area contributed by atoms with Gasteiger partial charge in [0.15, 0.2) is 0 Å². The maximum atomic E-state index is 12.1. The number of methoxy groups -OCH3 is 3. The Balaban J connectivity index is 0.00000507. The predicted molar refractivity (Wildman–Crippen MR) is 141 cm³/mol. The molecule has 0 aromatic heterocycles. The molecule has 0 bridgehead atoms. The zero-order valence-electron chi connectivity index (χ0n) is 19.4. The minimum atomic E-state index is -4.81. The van der Waals surface area contributed by atoms with Gasteiger partial charge in [0.25, 0.3) is 30.4 Å². The van der Waals surface area contributed by atoms with E-state index in [1.54, 1.807) is 0 Å². The summed E-state index contributed by atoms with van der Waals surface area (Å²) in [5, 5.41) is 0.220. The molecule has 0 aliphatic rings. The van der Waals surface area contributed by atoms with Crippen molar-refractivity contribution >= 4 is 83.7 Å². The van der Waals surface area contributed by atoms with Crippen LogP contribution in [0.5, 0.6) is 17.2 Å². The number of rotatable bonds is 9. The van der Waals surface area contributed by atoms with Crippen LogP contribution in [-0.2, 0) is 30.4 Å². The van der Waals surface area contributed by atoms with Crippen LogP contribution < -0.4 is 30.1 Å². The molecule has 12 nitrogen and oxygen atoms in total. The van der Waals surface area contributed by atoms with Gasteiger partial charge in [0, 0.05) is 15.9 Å². The number of hydrogen-bond acceptors (Lipinski definition) is 9. The molecule has 0 saturated heterocycles. The first-order valence-electron chi connectivity index (χ1n) is 9.90. The molecule has 3 N–H and O–H groups in total. The number of benzene rings is 3. The quantitative estimate of drug-likeness (QED) is 0.172. The van der Waals surface area contributed by atoms with Crippen molar-refractivity contribution in [2.75, 3.05) is 21.3 Å². The summed E-state index contributed by atoms with van der Waals surface area (Å²) >= 11 is 0. The van der Waals surface area contributed by atoms with Gasteiger partial charge in [-0.15, -0.1) is 0 Å². The van der Waals surface area contributed by atoms with E-state index < -0.39 is 53.0 Å². The molecule has 0 saturated carbocycles. The van der Waals surface area contributed by atoms with Gasteiger partial charge >= 0.3 is 29.6 Å². The normalized spacial score (nSPS) is 12.1. The number of hydrogen-bond donors (Lipinski definition) is 3. The summed E-state index contributed by atoms with van der Waals surface area (Å²) in [6, 6.07) is 11.3. The van der Waals surface area contributed by atoms with Gasteiger partial charge < -0.3 is 14.2 Å².